The number of rotatable bonds is 7. The van der Waals surface area contributed by atoms with Gasteiger partial charge in [0, 0.05) is 21.5 Å². The molecular formula is C17H16ClN3O3S3. The van der Waals surface area contributed by atoms with Crippen molar-refractivity contribution in [3.8, 4) is 5.75 Å². The summed E-state index contributed by atoms with van der Waals surface area (Å²) < 4.78 is 37.2. The van der Waals surface area contributed by atoms with Crippen LogP contribution in [0.25, 0.3) is 0 Å². The molecule has 0 saturated carbocycles. The fourth-order valence-electron chi connectivity index (χ4n) is 2.28. The highest BCUT2D eigenvalue weighted by molar-refractivity contribution is 7.98. The van der Waals surface area contributed by atoms with Gasteiger partial charge in [0.25, 0.3) is 10.0 Å². The second-order valence-corrected chi connectivity index (χ2v) is 9.25. The van der Waals surface area contributed by atoms with Crippen LogP contribution in [0.1, 0.15) is 11.4 Å². The Balaban J connectivity index is 1.71. The van der Waals surface area contributed by atoms with Crippen molar-refractivity contribution in [2.45, 2.75) is 22.5 Å². The number of thioether (sulfide) groups is 1. The van der Waals surface area contributed by atoms with E-state index in [2.05, 4.69) is 14.1 Å². The minimum Gasteiger partial charge on any atom is -0.496 e. The summed E-state index contributed by atoms with van der Waals surface area (Å²) in [6.45, 7) is 1.66. The molecule has 0 atom stereocenters. The molecule has 0 aliphatic carbocycles. The summed E-state index contributed by atoms with van der Waals surface area (Å²) in [5.41, 5.74) is 0.489. The zero-order valence-electron chi connectivity index (χ0n) is 14.5. The van der Waals surface area contributed by atoms with Gasteiger partial charge in [-0.15, -0.1) is 11.8 Å². The summed E-state index contributed by atoms with van der Waals surface area (Å²) in [5, 5.41) is 0.606. The average molecular weight is 442 g/mol. The summed E-state index contributed by atoms with van der Waals surface area (Å²) >= 11 is 8.54. The molecule has 0 radical (unpaired) electrons. The molecule has 3 rings (SSSR count). The lowest BCUT2D eigenvalue weighted by atomic mass is 10.2. The van der Waals surface area contributed by atoms with Gasteiger partial charge in [-0.3, -0.25) is 4.72 Å². The molecule has 0 fully saturated rings. The number of hydrogen-bond donors (Lipinski definition) is 1. The number of sulfonamides is 1. The van der Waals surface area contributed by atoms with Gasteiger partial charge in [0.15, 0.2) is 5.82 Å². The SMILES string of the molecule is COc1ccccc1SCc1nsc(NS(=O)(=O)c2cccc(Cl)c2C)n1. The van der Waals surface area contributed by atoms with Crippen LogP contribution in [-0.2, 0) is 15.8 Å². The summed E-state index contributed by atoms with van der Waals surface area (Å²) in [4.78, 5) is 5.35. The Kier molecular flexibility index (Phi) is 6.25. The Hall–Kier alpha value is -1.81. The zero-order valence-corrected chi connectivity index (χ0v) is 17.7. The van der Waals surface area contributed by atoms with Crippen LogP contribution >= 0.6 is 34.9 Å². The molecule has 2 aromatic carbocycles. The standard InChI is InChI=1S/C17H16ClN3O3S3/c1-11-12(18)6-5-9-15(11)27(22,23)21-17-19-16(20-26-17)10-25-14-8-4-3-7-13(14)24-2/h3-9H,10H2,1-2H3,(H,19,20,21). The predicted octanol–water partition coefficient (Wildman–Crippen LogP) is 4.60. The van der Waals surface area contributed by atoms with E-state index in [0.717, 1.165) is 22.2 Å². The number of benzene rings is 2. The van der Waals surface area contributed by atoms with Crippen LogP contribution in [0.4, 0.5) is 5.13 Å². The topological polar surface area (TPSA) is 81.2 Å². The molecule has 0 amide bonds. The van der Waals surface area contributed by atoms with Crippen LogP contribution in [0.3, 0.4) is 0 Å². The van der Waals surface area contributed by atoms with Crippen LogP contribution in [0, 0.1) is 6.92 Å². The molecule has 0 aliphatic rings. The van der Waals surface area contributed by atoms with E-state index in [1.54, 1.807) is 26.2 Å². The predicted molar refractivity (Wildman–Crippen MR) is 109 cm³/mol. The van der Waals surface area contributed by atoms with Crippen molar-refractivity contribution < 1.29 is 13.2 Å². The summed E-state index contributed by atoms with van der Waals surface area (Å²) in [5.74, 6) is 1.81. The Morgan fingerprint density at radius 2 is 2.00 bits per heavy atom. The summed E-state index contributed by atoms with van der Waals surface area (Å²) in [7, 11) is -2.17. The van der Waals surface area contributed by atoms with E-state index < -0.39 is 10.0 Å². The van der Waals surface area contributed by atoms with Gasteiger partial charge in [-0.05, 0) is 36.8 Å². The molecule has 0 aliphatic heterocycles. The highest BCUT2D eigenvalue weighted by atomic mass is 35.5. The molecule has 142 valence electrons. The van der Waals surface area contributed by atoms with Gasteiger partial charge in [0.05, 0.1) is 17.8 Å². The lowest BCUT2D eigenvalue weighted by Gasteiger charge is -2.08. The Morgan fingerprint density at radius 3 is 2.78 bits per heavy atom. The van der Waals surface area contributed by atoms with Gasteiger partial charge in [-0.1, -0.05) is 29.8 Å². The average Bonchev–Trinajstić information content (AvgIpc) is 3.09. The minimum atomic E-state index is -3.78. The second kappa shape index (κ2) is 8.47. The molecule has 1 aromatic heterocycles. The number of halogens is 1. The van der Waals surface area contributed by atoms with Crippen LogP contribution < -0.4 is 9.46 Å². The maximum Gasteiger partial charge on any atom is 0.264 e. The number of methoxy groups -OCH3 is 1. The number of nitrogens with one attached hydrogen (secondary N) is 1. The largest absolute Gasteiger partial charge is 0.496 e. The molecule has 6 nitrogen and oxygen atoms in total. The van der Waals surface area contributed by atoms with Gasteiger partial charge >= 0.3 is 0 Å². The van der Waals surface area contributed by atoms with E-state index >= 15 is 0 Å². The van der Waals surface area contributed by atoms with E-state index in [4.69, 9.17) is 16.3 Å². The Labute approximate surface area is 171 Å². The number of para-hydroxylation sites is 1. The Bertz CT molecular complexity index is 1050. The number of ether oxygens (including phenoxy) is 1. The van der Waals surface area contributed by atoms with Gasteiger partial charge in [-0.25, -0.2) is 13.4 Å². The molecule has 1 heterocycles. The van der Waals surface area contributed by atoms with Gasteiger partial charge < -0.3 is 4.74 Å². The first-order valence-electron chi connectivity index (χ1n) is 7.77. The monoisotopic (exact) mass is 441 g/mol. The molecule has 1 N–H and O–H groups in total. The quantitative estimate of drug-likeness (QED) is 0.539. The minimum absolute atomic E-state index is 0.121. The molecule has 0 saturated heterocycles. The molecule has 27 heavy (non-hydrogen) atoms. The van der Waals surface area contributed by atoms with Gasteiger partial charge in [0.2, 0.25) is 5.13 Å². The van der Waals surface area contributed by atoms with Crippen LogP contribution in [0.2, 0.25) is 5.02 Å². The maximum atomic E-state index is 12.6. The molecule has 3 aromatic rings. The molecule has 0 unspecified atom stereocenters. The van der Waals surface area contributed by atoms with Crippen molar-refractivity contribution in [3.05, 3.63) is 58.9 Å². The Morgan fingerprint density at radius 1 is 1.22 bits per heavy atom. The maximum absolute atomic E-state index is 12.6. The highest BCUT2D eigenvalue weighted by Crippen LogP contribution is 2.31. The smallest absolute Gasteiger partial charge is 0.264 e. The number of hydrogen-bond acceptors (Lipinski definition) is 7. The van der Waals surface area contributed by atoms with Crippen molar-refractivity contribution in [2.75, 3.05) is 11.8 Å². The third-order valence-electron chi connectivity index (χ3n) is 3.62. The molecular weight excluding hydrogens is 426 g/mol. The van der Waals surface area contributed by atoms with E-state index in [-0.39, 0.29) is 10.0 Å². The summed E-state index contributed by atoms with van der Waals surface area (Å²) in [6, 6.07) is 12.4. The van der Waals surface area contributed by atoms with Crippen LogP contribution in [0.15, 0.2) is 52.3 Å². The van der Waals surface area contributed by atoms with E-state index in [1.807, 2.05) is 24.3 Å². The fourth-order valence-corrected chi connectivity index (χ4v) is 5.56. The third-order valence-corrected chi connectivity index (χ3v) is 7.36. The first-order valence-corrected chi connectivity index (χ1v) is 11.4. The number of anilines is 1. The fraction of sp³-hybridized carbons (Fsp3) is 0.176. The summed E-state index contributed by atoms with van der Waals surface area (Å²) in [6.07, 6.45) is 0. The lowest BCUT2D eigenvalue weighted by Crippen LogP contribution is -2.14. The van der Waals surface area contributed by atoms with Crippen LogP contribution in [0.5, 0.6) is 5.75 Å². The molecule has 10 heteroatoms. The number of aromatic nitrogens is 2. The third kappa shape index (κ3) is 4.73. The van der Waals surface area contributed by atoms with E-state index in [0.29, 0.717) is 22.2 Å². The van der Waals surface area contributed by atoms with E-state index in [1.165, 1.54) is 17.8 Å². The first-order chi connectivity index (χ1) is 12.9. The second-order valence-electron chi connectivity index (χ2n) is 5.42. The van der Waals surface area contributed by atoms with Crippen LogP contribution in [-0.4, -0.2) is 24.9 Å². The van der Waals surface area contributed by atoms with Crippen molar-refractivity contribution in [3.63, 3.8) is 0 Å². The first kappa shape index (κ1) is 19.9. The zero-order chi connectivity index (χ0) is 19.4. The van der Waals surface area contributed by atoms with Gasteiger partial charge in [-0.2, -0.15) is 4.37 Å². The van der Waals surface area contributed by atoms with Crippen molar-refractivity contribution >= 4 is 50.1 Å². The highest BCUT2D eigenvalue weighted by Gasteiger charge is 2.20. The van der Waals surface area contributed by atoms with Crippen molar-refractivity contribution in [1.82, 2.24) is 9.36 Å². The van der Waals surface area contributed by atoms with E-state index in [9.17, 15) is 8.42 Å². The normalized spacial score (nSPS) is 11.4. The molecule has 0 spiro atoms. The number of nitrogens with zero attached hydrogens (tertiary/aromatic N) is 2. The lowest BCUT2D eigenvalue weighted by molar-refractivity contribution is 0.405. The van der Waals surface area contributed by atoms with Crippen molar-refractivity contribution in [1.29, 1.82) is 0 Å². The van der Waals surface area contributed by atoms with Crippen molar-refractivity contribution in [2.24, 2.45) is 0 Å². The van der Waals surface area contributed by atoms with Gasteiger partial charge in [0.1, 0.15) is 5.75 Å². The molecule has 0 bridgehead atoms.